The van der Waals surface area contributed by atoms with Gasteiger partial charge in [0.1, 0.15) is 0 Å². The summed E-state index contributed by atoms with van der Waals surface area (Å²) in [6, 6.07) is 38.6. The first-order valence-electron chi connectivity index (χ1n) is 13.1. The standard InChI is InChI=1S/C34H27ClN2O2S/c35-33-30-19-28(36-20-23-6-2-1-3-7-23)15-17-31(30)37(21-24-10-12-26(13-11-24)34(38)39)32(33)22-40-29-16-14-25-8-4-5-9-27(25)18-29/h1-19,36H,20-22H2,(H,38,39). The highest BCUT2D eigenvalue weighted by molar-refractivity contribution is 7.98. The minimum atomic E-state index is -0.927. The van der Waals surface area contributed by atoms with Crippen LogP contribution in [0.2, 0.25) is 5.02 Å². The van der Waals surface area contributed by atoms with Crippen LogP contribution in [0.1, 0.15) is 27.2 Å². The van der Waals surface area contributed by atoms with E-state index in [9.17, 15) is 9.90 Å². The highest BCUT2D eigenvalue weighted by Crippen LogP contribution is 2.37. The van der Waals surface area contributed by atoms with E-state index in [2.05, 4.69) is 82.7 Å². The molecule has 0 radical (unpaired) electrons. The van der Waals surface area contributed by atoms with E-state index in [-0.39, 0.29) is 5.56 Å². The summed E-state index contributed by atoms with van der Waals surface area (Å²) in [5, 5.41) is 17.0. The summed E-state index contributed by atoms with van der Waals surface area (Å²) in [6.45, 7) is 1.32. The number of nitrogens with zero attached hydrogens (tertiary/aromatic N) is 1. The van der Waals surface area contributed by atoms with Gasteiger partial charge in [-0.2, -0.15) is 0 Å². The van der Waals surface area contributed by atoms with Gasteiger partial charge in [-0.25, -0.2) is 4.79 Å². The van der Waals surface area contributed by atoms with Gasteiger partial charge < -0.3 is 15.0 Å². The van der Waals surface area contributed by atoms with Gasteiger partial charge >= 0.3 is 5.97 Å². The molecule has 6 heteroatoms. The molecule has 1 heterocycles. The summed E-state index contributed by atoms with van der Waals surface area (Å²) < 4.78 is 2.25. The molecule has 0 aliphatic rings. The summed E-state index contributed by atoms with van der Waals surface area (Å²) in [4.78, 5) is 12.5. The fraction of sp³-hybridized carbons (Fsp3) is 0.0882. The molecule has 40 heavy (non-hydrogen) atoms. The third kappa shape index (κ3) is 5.57. The predicted molar refractivity (Wildman–Crippen MR) is 167 cm³/mol. The maximum absolute atomic E-state index is 11.3. The Morgan fingerprint density at radius 3 is 2.33 bits per heavy atom. The molecule has 0 saturated heterocycles. The Kier molecular flexibility index (Phi) is 7.49. The molecule has 198 valence electrons. The van der Waals surface area contributed by atoms with Crippen LogP contribution in [0.4, 0.5) is 5.69 Å². The zero-order valence-electron chi connectivity index (χ0n) is 21.7. The average molecular weight is 563 g/mol. The second kappa shape index (κ2) is 11.5. The number of nitrogens with one attached hydrogen (secondary N) is 1. The normalized spacial score (nSPS) is 11.2. The van der Waals surface area contributed by atoms with E-state index in [1.165, 1.54) is 21.2 Å². The fourth-order valence-electron chi connectivity index (χ4n) is 4.94. The summed E-state index contributed by atoms with van der Waals surface area (Å²) in [7, 11) is 0. The Bertz CT molecular complexity index is 1810. The van der Waals surface area contributed by atoms with E-state index in [4.69, 9.17) is 11.6 Å². The Morgan fingerprint density at radius 2 is 1.55 bits per heavy atom. The fourth-order valence-corrected chi connectivity index (χ4v) is 6.32. The highest BCUT2D eigenvalue weighted by Gasteiger charge is 2.17. The maximum Gasteiger partial charge on any atom is 0.335 e. The predicted octanol–water partition coefficient (Wildman–Crippen LogP) is 9.10. The van der Waals surface area contributed by atoms with E-state index < -0.39 is 5.97 Å². The van der Waals surface area contributed by atoms with Crippen molar-refractivity contribution in [2.45, 2.75) is 23.7 Å². The zero-order chi connectivity index (χ0) is 27.5. The molecule has 0 bridgehead atoms. The van der Waals surface area contributed by atoms with Crippen molar-refractivity contribution in [3.8, 4) is 0 Å². The molecular formula is C34H27ClN2O2S. The number of aromatic carboxylic acids is 1. The van der Waals surface area contributed by atoms with Crippen LogP contribution in [0, 0.1) is 0 Å². The number of rotatable bonds is 9. The van der Waals surface area contributed by atoms with Crippen molar-refractivity contribution in [2.75, 3.05) is 5.32 Å². The average Bonchev–Trinajstić information content (AvgIpc) is 3.25. The number of aromatic nitrogens is 1. The van der Waals surface area contributed by atoms with Crippen LogP contribution in [0.25, 0.3) is 21.7 Å². The molecule has 0 aliphatic heterocycles. The monoisotopic (exact) mass is 562 g/mol. The molecule has 0 atom stereocenters. The van der Waals surface area contributed by atoms with Crippen molar-refractivity contribution >= 4 is 56.7 Å². The lowest BCUT2D eigenvalue weighted by Crippen LogP contribution is -2.05. The van der Waals surface area contributed by atoms with Gasteiger partial charge in [0.25, 0.3) is 0 Å². The smallest absolute Gasteiger partial charge is 0.335 e. The summed E-state index contributed by atoms with van der Waals surface area (Å²) >= 11 is 8.87. The van der Waals surface area contributed by atoms with Crippen LogP contribution in [0.15, 0.2) is 120 Å². The molecule has 6 aromatic rings. The lowest BCUT2D eigenvalue weighted by molar-refractivity contribution is 0.0697. The Balaban J connectivity index is 1.33. The SMILES string of the molecule is O=C(O)c1ccc(Cn2c(CSc3ccc4ccccc4c3)c(Cl)c3cc(NCc4ccccc4)ccc32)cc1. The molecule has 4 nitrogen and oxygen atoms in total. The number of hydrogen-bond donors (Lipinski definition) is 2. The molecule has 0 fully saturated rings. The van der Waals surface area contributed by atoms with Crippen molar-refractivity contribution < 1.29 is 9.90 Å². The van der Waals surface area contributed by atoms with Crippen molar-refractivity contribution in [2.24, 2.45) is 0 Å². The number of hydrogen-bond acceptors (Lipinski definition) is 3. The first-order valence-corrected chi connectivity index (χ1v) is 14.4. The minimum Gasteiger partial charge on any atom is -0.478 e. The number of halogens is 1. The Morgan fingerprint density at radius 1 is 0.800 bits per heavy atom. The van der Waals surface area contributed by atoms with Crippen LogP contribution in [0.3, 0.4) is 0 Å². The van der Waals surface area contributed by atoms with Gasteiger partial charge in [-0.3, -0.25) is 0 Å². The third-order valence-corrected chi connectivity index (χ3v) is 8.51. The number of carbonyl (C=O) groups is 1. The zero-order valence-corrected chi connectivity index (χ0v) is 23.3. The molecule has 1 aromatic heterocycles. The third-order valence-electron chi connectivity index (χ3n) is 7.08. The molecule has 0 aliphatic carbocycles. The quantitative estimate of drug-likeness (QED) is 0.172. The highest BCUT2D eigenvalue weighted by atomic mass is 35.5. The molecule has 6 rings (SSSR count). The molecule has 5 aromatic carbocycles. The summed E-state index contributed by atoms with van der Waals surface area (Å²) in [6.07, 6.45) is 0. The van der Waals surface area contributed by atoms with Crippen molar-refractivity contribution in [1.82, 2.24) is 4.57 Å². The molecule has 0 amide bonds. The molecule has 2 N–H and O–H groups in total. The van der Waals surface area contributed by atoms with Gasteiger partial charge in [0.05, 0.1) is 16.1 Å². The second-order valence-electron chi connectivity index (χ2n) is 9.72. The Labute approximate surface area is 242 Å². The van der Waals surface area contributed by atoms with Gasteiger partial charge in [0.15, 0.2) is 0 Å². The number of fused-ring (bicyclic) bond motifs is 2. The summed E-state index contributed by atoms with van der Waals surface area (Å²) in [5.74, 6) is -0.227. The first kappa shape index (κ1) is 26.1. The van der Waals surface area contributed by atoms with Crippen molar-refractivity contribution in [1.29, 1.82) is 0 Å². The van der Waals surface area contributed by atoms with E-state index in [0.29, 0.717) is 12.3 Å². The van der Waals surface area contributed by atoms with Gasteiger partial charge in [-0.15, -0.1) is 11.8 Å². The molecule has 0 unspecified atom stereocenters. The topological polar surface area (TPSA) is 54.3 Å². The summed E-state index contributed by atoms with van der Waals surface area (Å²) in [5.41, 5.74) is 5.60. The largest absolute Gasteiger partial charge is 0.478 e. The number of anilines is 1. The van der Waals surface area contributed by atoms with Crippen LogP contribution in [-0.4, -0.2) is 15.6 Å². The van der Waals surface area contributed by atoms with Gasteiger partial charge in [0, 0.05) is 40.5 Å². The Hall–Kier alpha value is -4.19. The molecule has 0 spiro atoms. The number of carboxylic acid groups (broad SMARTS) is 1. The van der Waals surface area contributed by atoms with E-state index in [0.717, 1.165) is 39.4 Å². The second-order valence-corrected chi connectivity index (χ2v) is 11.1. The maximum atomic E-state index is 11.3. The van der Waals surface area contributed by atoms with E-state index in [1.807, 2.05) is 30.3 Å². The van der Waals surface area contributed by atoms with E-state index >= 15 is 0 Å². The van der Waals surface area contributed by atoms with Crippen LogP contribution >= 0.6 is 23.4 Å². The van der Waals surface area contributed by atoms with Crippen molar-refractivity contribution in [3.05, 3.63) is 143 Å². The lowest BCUT2D eigenvalue weighted by atomic mass is 10.1. The number of carboxylic acids is 1. The molecule has 0 saturated carbocycles. The van der Waals surface area contributed by atoms with Crippen LogP contribution in [-0.2, 0) is 18.8 Å². The first-order chi connectivity index (χ1) is 19.5. The van der Waals surface area contributed by atoms with Crippen LogP contribution in [0.5, 0.6) is 0 Å². The van der Waals surface area contributed by atoms with E-state index in [1.54, 1.807) is 23.9 Å². The van der Waals surface area contributed by atoms with Gasteiger partial charge in [0.2, 0.25) is 0 Å². The molecular weight excluding hydrogens is 536 g/mol. The van der Waals surface area contributed by atoms with Gasteiger partial charge in [-0.1, -0.05) is 84.4 Å². The minimum absolute atomic E-state index is 0.278. The van der Waals surface area contributed by atoms with Gasteiger partial charge in [-0.05, 0) is 64.4 Å². The number of benzene rings is 5. The van der Waals surface area contributed by atoms with Crippen LogP contribution < -0.4 is 5.32 Å². The number of thioether (sulfide) groups is 1. The van der Waals surface area contributed by atoms with Crippen molar-refractivity contribution in [3.63, 3.8) is 0 Å². The lowest BCUT2D eigenvalue weighted by Gasteiger charge is -2.12.